The molecular formula is C52H30N4OS2. The van der Waals surface area contributed by atoms with E-state index in [4.69, 9.17) is 24.4 Å². The van der Waals surface area contributed by atoms with Crippen molar-refractivity contribution in [1.82, 2.24) is 19.9 Å². The number of hydrogen-bond acceptors (Lipinski definition) is 7. The molecule has 0 aliphatic rings. The predicted molar refractivity (Wildman–Crippen MR) is 246 cm³/mol. The summed E-state index contributed by atoms with van der Waals surface area (Å²) < 4.78 is 9.98. The Morgan fingerprint density at radius 1 is 0.339 bits per heavy atom. The lowest BCUT2D eigenvalue weighted by atomic mass is 9.99. The summed E-state index contributed by atoms with van der Waals surface area (Å²) in [7, 11) is 0. The van der Waals surface area contributed by atoms with Gasteiger partial charge in [-0.25, -0.2) is 19.9 Å². The SMILES string of the molecule is c1ccc(-c2nc(-c3ccc(-c4cccc5c4sc4ccc(-c6ccc(-c7nc8ccccc8s7)cc6)cc45)cc3)nc(-c3ccc4c(c3)oc3ccccc34)n2)cc1. The monoisotopic (exact) mass is 790 g/mol. The third-order valence-corrected chi connectivity index (χ3v) is 13.3. The molecule has 0 N–H and O–H groups in total. The summed E-state index contributed by atoms with van der Waals surface area (Å²) in [6, 6.07) is 63.5. The fourth-order valence-electron chi connectivity index (χ4n) is 8.02. The zero-order chi connectivity index (χ0) is 38.9. The molecule has 0 saturated carbocycles. The summed E-state index contributed by atoms with van der Waals surface area (Å²) in [4.78, 5) is 19.9. The number of furan rings is 1. The van der Waals surface area contributed by atoms with Crippen LogP contribution in [0.15, 0.2) is 186 Å². The number of aromatic nitrogens is 4. The molecule has 0 bridgehead atoms. The molecule has 0 radical (unpaired) electrons. The average Bonchev–Trinajstić information content (AvgIpc) is 4.02. The number of nitrogens with zero attached hydrogens (tertiary/aromatic N) is 4. The van der Waals surface area contributed by atoms with Gasteiger partial charge >= 0.3 is 0 Å². The van der Waals surface area contributed by atoms with Gasteiger partial charge in [0.05, 0.1) is 10.2 Å². The summed E-state index contributed by atoms with van der Waals surface area (Å²) >= 11 is 3.58. The quantitative estimate of drug-likeness (QED) is 0.168. The summed E-state index contributed by atoms with van der Waals surface area (Å²) in [5, 5.41) is 5.73. The Labute approximate surface area is 346 Å². The van der Waals surface area contributed by atoms with Crippen molar-refractivity contribution in [2.24, 2.45) is 0 Å². The van der Waals surface area contributed by atoms with Gasteiger partial charge in [-0.2, -0.15) is 0 Å². The van der Waals surface area contributed by atoms with Gasteiger partial charge in [-0.1, -0.05) is 140 Å². The van der Waals surface area contributed by atoms with Gasteiger partial charge in [0.2, 0.25) is 0 Å². The summed E-state index contributed by atoms with van der Waals surface area (Å²) in [5.74, 6) is 1.84. The van der Waals surface area contributed by atoms with Gasteiger partial charge < -0.3 is 4.42 Å². The van der Waals surface area contributed by atoms with E-state index in [0.717, 1.165) is 60.3 Å². The molecule has 0 unspecified atom stereocenters. The van der Waals surface area contributed by atoms with Crippen LogP contribution in [0.2, 0.25) is 0 Å². The van der Waals surface area contributed by atoms with E-state index in [9.17, 15) is 0 Å². The lowest BCUT2D eigenvalue weighted by Gasteiger charge is -2.09. The van der Waals surface area contributed by atoms with E-state index in [0.29, 0.717) is 17.5 Å². The molecule has 0 amide bonds. The highest BCUT2D eigenvalue weighted by molar-refractivity contribution is 7.26. The lowest BCUT2D eigenvalue weighted by Crippen LogP contribution is -2.00. The smallest absolute Gasteiger partial charge is 0.164 e. The molecule has 8 aromatic carbocycles. The number of para-hydroxylation sites is 2. The largest absolute Gasteiger partial charge is 0.456 e. The van der Waals surface area contributed by atoms with Crippen LogP contribution in [-0.4, -0.2) is 19.9 Å². The van der Waals surface area contributed by atoms with Crippen molar-refractivity contribution in [3.63, 3.8) is 0 Å². The molecule has 0 fully saturated rings. The van der Waals surface area contributed by atoms with Gasteiger partial charge in [0.1, 0.15) is 16.2 Å². The minimum Gasteiger partial charge on any atom is -0.456 e. The van der Waals surface area contributed by atoms with Crippen LogP contribution >= 0.6 is 22.7 Å². The molecular weight excluding hydrogens is 761 g/mol. The second kappa shape index (κ2) is 13.7. The molecule has 4 aromatic heterocycles. The summed E-state index contributed by atoms with van der Waals surface area (Å²) in [6.45, 7) is 0. The first-order chi connectivity index (χ1) is 29.2. The number of thiazole rings is 1. The van der Waals surface area contributed by atoms with Gasteiger partial charge in [0, 0.05) is 53.2 Å². The first-order valence-corrected chi connectivity index (χ1v) is 21.1. The van der Waals surface area contributed by atoms with E-state index in [1.54, 1.807) is 11.3 Å². The molecule has 5 nitrogen and oxygen atoms in total. The van der Waals surface area contributed by atoms with Crippen molar-refractivity contribution < 1.29 is 4.42 Å². The van der Waals surface area contributed by atoms with Crippen LogP contribution in [0, 0.1) is 0 Å². The topological polar surface area (TPSA) is 64.7 Å². The molecule has 4 heterocycles. The van der Waals surface area contributed by atoms with Crippen LogP contribution in [0.3, 0.4) is 0 Å². The van der Waals surface area contributed by atoms with E-state index in [-0.39, 0.29) is 0 Å². The molecule has 7 heteroatoms. The highest BCUT2D eigenvalue weighted by atomic mass is 32.1. The van der Waals surface area contributed by atoms with Gasteiger partial charge in [-0.15, -0.1) is 22.7 Å². The maximum Gasteiger partial charge on any atom is 0.164 e. The van der Waals surface area contributed by atoms with Crippen LogP contribution in [0.25, 0.3) is 119 Å². The summed E-state index contributed by atoms with van der Waals surface area (Å²) in [6.07, 6.45) is 0. The Bertz CT molecular complexity index is 3520. The van der Waals surface area contributed by atoms with Crippen LogP contribution in [0.5, 0.6) is 0 Å². The van der Waals surface area contributed by atoms with E-state index < -0.39 is 0 Å². The minimum absolute atomic E-state index is 0.596. The highest BCUT2D eigenvalue weighted by Crippen LogP contribution is 2.42. The average molecular weight is 791 g/mol. The van der Waals surface area contributed by atoms with Gasteiger partial charge in [-0.3, -0.25) is 0 Å². The number of hydrogen-bond donors (Lipinski definition) is 0. The van der Waals surface area contributed by atoms with Crippen molar-refractivity contribution in [3.8, 4) is 67.0 Å². The van der Waals surface area contributed by atoms with Crippen LogP contribution < -0.4 is 0 Å². The second-order valence-electron chi connectivity index (χ2n) is 14.6. The first kappa shape index (κ1) is 33.8. The van der Waals surface area contributed by atoms with Crippen molar-refractivity contribution >= 4 is 75.0 Å². The van der Waals surface area contributed by atoms with E-state index in [1.165, 1.54) is 41.6 Å². The highest BCUT2D eigenvalue weighted by Gasteiger charge is 2.17. The lowest BCUT2D eigenvalue weighted by molar-refractivity contribution is 0.669. The normalized spacial score (nSPS) is 11.7. The molecule has 0 aliphatic heterocycles. The summed E-state index contributed by atoms with van der Waals surface area (Å²) in [5.41, 5.74) is 11.3. The van der Waals surface area contributed by atoms with Crippen molar-refractivity contribution in [3.05, 3.63) is 182 Å². The Hall–Kier alpha value is -7.32. The fourth-order valence-corrected chi connectivity index (χ4v) is 10.2. The number of thiophene rings is 1. The van der Waals surface area contributed by atoms with E-state index in [2.05, 4.69) is 121 Å². The van der Waals surface area contributed by atoms with Gasteiger partial charge in [-0.05, 0) is 64.7 Å². The maximum atomic E-state index is 6.23. The van der Waals surface area contributed by atoms with Crippen LogP contribution in [0.1, 0.15) is 0 Å². The Morgan fingerprint density at radius 3 is 1.80 bits per heavy atom. The predicted octanol–water partition coefficient (Wildman–Crippen LogP) is 14.8. The third-order valence-electron chi connectivity index (χ3n) is 11.0. The van der Waals surface area contributed by atoms with Crippen LogP contribution in [0.4, 0.5) is 0 Å². The van der Waals surface area contributed by atoms with Crippen LogP contribution in [-0.2, 0) is 0 Å². The van der Waals surface area contributed by atoms with Crippen molar-refractivity contribution in [1.29, 1.82) is 0 Å². The van der Waals surface area contributed by atoms with Crippen molar-refractivity contribution in [2.45, 2.75) is 0 Å². The second-order valence-corrected chi connectivity index (χ2v) is 16.7. The van der Waals surface area contributed by atoms with E-state index >= 15 is 0 Å². The number of fused-ring (bicyclic) bond motifs is 7. The van der Waals surface area contributed by atoms with Gasteiger partial charge in [0.15, 0.2) is 17.5 Å². The molecule has 0 spiro atoms. The zero-order valence-electron chi connectivity index (χ0n) is 31.3. The van der Waals surface area contributed by atoms with Crippen molar-refractivity contribution in [2.75, 3.05) is 0 Å². The Kier molecular flexibility index (Phi) is 7.82. The Morgan fingerprint density at radius 2 is 0.966 bits per heavy atom. The van der Waals surface area contributed by atoms with Gasteiger partial charge in [0.25, 0.3) is 0 Å². The number of benzene rings is 8. The zero-order valence-corrected chi connectivity index (χ0v) is 33.0. The molecule has 0 saturated heterocycles. The first-order valence-electron chi connectivity index (χ1n) is 19.4. The third kappa shape index (κ3) is 5.90. The molecule has 276 valence electrons. The number of rotatable bonds is 6. The molecule has 12 aromatic rings. The Balaban J connectivity index is 0.884. The molecule has 0 atom stereocenters. The fraction of sp³-hybridized carbons (Fsp3) is 0. The minimum atomic E-state index is 0.596. The van der Waals surface area contributed by atoms with E-state index in [1.807, 2.05) is 72.0 Å². The standard InChI is InChI=1S/C52H30N4OS2/c1-2-9-33(10-3-1)49-54-50(56-51(55-49)37-25-27-40-39-11-4-6-15-44(39)57-45(40)30-37)34-21-19-32(20-22-34)38-12-8-13-41-42-29-36(26-28-46(42)58-48(38)41)31-17-23-35(24-18-31)52-53-43-14-5-7-16-47(43)59-52/h1-30H. The molecule has 59 heavy (non-hydrogen) atoms. The molecule has 0 aliphatic carbocycles. The maximum absolute atomic E-state index is 6.23. The molecule has 12 rings (SSSR count).